The first kappa shape index (κ1) is 29.0. The number of carbonyl (C=O) groups excluding carboxylic acids is 1. The van der Waals surface area contributed by atoms with E-state index < -0.39 is 40.9 Å². The molecular weight excluding hydrogens is 535 g/mol. The van der Waals surface area contributed by atoms with Gasteiger partial charge in [0.05, 0.1) is 22.9 Å². The zero-order valence-corrected chi connectivity index (χ0v) is 21.9. The fraction of sp³-hybridized carbons (Fsp3) is 0.200. The number of carboxylic acid groups (broad SMARTS) is 1. The van der Waals surface area contributed by atoms with Gasteiger partial charge in [-0.3, -0.25) is 0 Å². The van der Waals surface area contributed by atoms with Crippen molar-refractivity contribution >= 4 is 28.7 Å². The van der Waals surface area contributed by atoms with Gasteiger partial charge in [0.1, 0.15) is 12.4 Å². The molecule has 2 aromatic carbocycles. The Hall–Kier alpha value is -2.53. The molecule has 12 heteroatoms. The zero-order valence-electron chi connectivity index (χ0n) is 19.2. The van der Waals surface area contributed by atoms with Crippen molar-refractivity contribution in [3.8, 4) is 5.75 Å². The van der Waals surface area contributed by atoms with Crippen molar-refractivity contribution in [2.75, 3.05) is 0 Å². The van der Waals surface area contributed by atoms with E-state index in [0.29, 0.717) is 42.0 Å². The van der Waals surface area contributed by atoms with Gasteiger partial charge in [-0.1, -0.05) is 11.6 Å². The van der Waals surface area contributed by atoms with Crippen LogP contribution < -0.4 is 39.4 Å². The van der Waals surface area contributed by atoms with Crippen molar-refractivity contribution in [2.45, 2.75) is 32.0 Å². The van der Waals surface area contributed by atoms with Gasteiger partial charge >= 0.3 is 35.7 Å². The van der Waals surface area contributed by atoms with E-state index in [9.17, 15) is 36.2 Å². The van der Waals surface area contributed by atoms with E-state index in [1.807, 2.05) is 0 Å². The van der Waals surface area contributed by atoms with Crippen molar-refractivity contribution < 1.29 is 70.5 Å². The summed E-state index contributed by atoms with van der Waals surface area (Å²) in [5, 5.41) is 11.6. The number of carboxylic acids is 1. The van der Waals surface area contributed by atoms with Crippen LogP contribution in [0.4, 0.5) is 26.3 Å². The molecule has 0 bridgehead atoms. The minimum absolute atomic E-state index is 0. The van der Waals surface area contributed by atoms with Crippen LogP contribution in [-0.4, -0.2) is 11.0 Å². The number of pyridine rings is 1. The average Bonchev–Trinajstić information content (AvgIpc) is 3.30. The van der Waals surface area contributed by atoms with Crippen molar-refractivity contribution in [3.63, 3.8) is 0 Å². The predicted octanol–water partition coefficient (Wildman–Crippen LogP) is 3.21. The third kappa shape index (κ3) is 6.49. The molecule has 0 amide bonds. The van der Waals surface area contributed by atoms with Crippen LogP contribution in [0.5, 0.6) is 5.75 Å². The number of aromatic nitrogens is 1. The molecule has 1 aliphatic rings. The minimum atomic E-state index is -4.81. The fourth-order valence-electron chi connectivity index (χ4n) is 3.99. The molecule has 1 heterocycles. The molecule has 3 aromatic rings. The van der Waals surface area contributed by atoms with Crippen LogP contribution in [0.15, 0.2) is 42.5 Å². The topological polar surface area (TPSA) is 62.2 Å². The van der Waals surface area contributed by atoms with Crippen LogP contribution >= 0.6 is 11.6 Å². The smallest absolute Gasteiger partial charge is 0.543 e. The number of allylic oxidation sites excluding steroid dienone is 2. The van der Waals surface area contributed by atoms with Crippen molar-refractivity contribution in [1.82, 2.24) is 4.98 Å². The number of rotatable bonds is 6. The third-order valence-corrected chi connectivity index (χ3v) is 5.83. The predicted molar refractivity (Wildman–Crippen MR) is 116 cm³/mol. The zero-order chi connectivity index (χ0) is 26.2. The van der Waals surface area contributed by atoms with Gasteiger partial charge in [0.2, 0.25) is 0 Å². The molecule has 37 heavy (non-hydrogen) atoms. The standard InChI is InChI=1S/C25H16ClF6NO3.Na/c26-14-4-5-22(36-11-12-6-18(27)23(29)19(28)7-12)17(10-14)15-2-1-3-16(15)20-8-13(25(30,31)32)9-21(33-20)24(34)35;/h4-10H,1-3,11H2,(H,34,35);/q;+1/p-1. The van der Waals surface area contributed by atoms with Gasteiger partial charge < -0.3 is 14.6 Å². The first-order valence-corrected chi connectivity index (χ1v) is 10.9. The Morgan fingerprint density at radius 2 is 1.65 bits per heavy atom. The summed E-state index contributed by atoms with van der Waals surface area (Å²) in [4.78, 5) is 15.2. The number of carbonyl (C=O) groups is 1. The van der Waals surface area contributed by atoms with E-state index in [4.69, 9.17) is 16.3 Å². The summed E-state index contributed by atoms with van der Waals surface area (Å²) < 4.78 is 86.3. The fourth-order valence-corrected chi connectivity index (χ4v) is 4.17. The normalized spacial score (nSPS) is 13.5. The summed E-state index contributed by atoms with van der Waals surface area (Å²) in [6.07, 6.45) is -3.59. The summed E-state index contributed by atoms with van der Waals surface area (Å²) in [5.41, 5.74) is -0.923. The molecule has 4 nitrogen and oxygen atoms in total. The van der Waals surface area contributed by atoms with E-state index >= 15 is 0 Å². The number of benzene rings is 2. The molecule has 0 atom stereocenters. The quantitative estimate of drug-likeness (QED) is 0.269. The van der Waals surface area contributed by atoms with Gasteiger partial charge in [-0.15, -0.1) is 0 Å². The van der Waals surface area contributed by atoms with Crippen molar-refractivity contribution in [3.05, 3.63) is 93.0 Å². The van der Waals surface area contributed by atoms with Gasteiger partial charge in [0.15, 0.2) is 17.5 Å². The number of hydrogen-bond acceptors (Lipinski definition) is 4. The molecular formula is C25H15ClF6NNaO3. The molecule has 4 rings (SSSR count). The summed E-state index contributed by atoms with van der Waals surface area (Å²) in [5.74, 6) is -6.04. The molecule has 0 spiro atoms. The molecule has 0 aliphatic heterocycles. The summed E-state index contributed by atoms with van der Waals surface area (Å²) >= 11 is 6.15. The Balaban J connectivity index is 0.00000380. The molecule has 0 saturated carbocycles. The molecule has 0 radical (unpaired) electrons. The van der Waals surface area contributed by atoms with Crippen LogP contribution in [0.3, 0.4) is 0 Å². The molecule has 0 fully saturated rings. The summed E-state index contributed by atoms with van der Waals surface area (Å²) in [7, 11) is 0. The number of nitrogens with zero attached hydrogens (tertiary/aromatic N) is 1. The third-order valence-electron chi connectivity index (χ3n) is 5.59. The monoisotopic (exact) mass is 549 g/mol. The molecule has 188 valence electrons. The second-order valence-corrected chi connectivity index (χ2v) is 8.46. The number of halogens is 7. The van der Waals surface area contributed by atoms with Crippen LogP contribution in [0, 0.1) is 17.5 Å². The molecule has 0 unspecified atom stereocenters. The van der Waals surface area contributed by atoms with Crippen LogP contribution in [0.2, 0.25) is 5.02 Å². The van der Waals surface area contributed by atoms with Gasteiger partial charge in [-0.2, -0.15) is 13.2 Å². The van der Waals surface area contributed by atoms with Gasteiger partial charge in [-0.05, 0) is 78.4 Å². The second kappa shape index (κ2) is 11.5. The van der Waals surface area contributed by atoms with E-state index in [1.165, 1.54) is 18.2 Å². The van der Waals surface area contributed by atoms with E-state index in [2.05, 4.69) is 4.98 Å². The summed E-state index contributed by atoms with van der Waals surface area (Å²) in [6, 6.07) is 7.20. The summed E-state index contributed by atoms with van der Waals surface area (Å²) in [6.45, 7) is -0.345. The number of ether oxygens (including phenoxy) is 1. The van der Waals surface area contributed by atoms with E-state index in [-0.39, 0.29) is 58.2 Å². The SMILES string of the molecule is O=C([O-])c1cc(C(F)(F)F)cc(C2=C(c3cc(Cl)ccc3OCc3cc(F)c(F)c(F)c3)CCC2)n1.[Na+]. The molecule has 1 aromatic heterocycles. The van der Waals surface area contributed by atoms with Crippen molar-refractivity contribution in [2.24, 2.45) is 0 Å². The largest absolute Gasteiger partial charge is 1.00 e. The minimum Gasteiger partial charge on any atom is -0.543 e. The van der Waals surface area contributed by atoms with Gasteiger partial charge in [0.25, 0.3) is 0 Å². The Labute approximate surface area is 234 Å². The first-order valence-electron chi connectivity index (χ1n) is 10.5. The van der Waals surface area contributed by atoms with Gasteiger partial charge in [0, 0.05) is 10.6 Å². The number of alkyl halides is 3. The average molecular weight is 550 g/mol. The Bertz CT molecular complexity index is 1370. The van der Waals surface area contributed by atoms with Crippen LogP contribution in [-0.2, 0) is 12.8 Å². The van der Waals surface area contributed by atoms with Crippen molar-refractivity contribution in [1.29, 1.82) is 0 Å². The second-order valence-electron chi connectivity index (χ2n) is 8.02. The maximum atomic E-state index is 13.6. The Morgan fingerprint density at radius 1 is 1.00 bits per heavy atom. The molecule has 0 N–H and O–H groups in total. The number of hydrogen-bond donors (Lipinski definition) is 0. The first-order chi connectivity index (χ1) is 16.9. The van der Waals surface area contributed by atoms with Crippen LogP contribution in [0.25, 0.3) is 11.1 Å². The van der Waals surface area contributed by atoms with Crippen LogP contribution in [0.1, 0.15) is 52.1 Å². The van der Waals surface area contributed by atoms with E-state index in [1.54, 1.807) is 0 Å². The number of aromatic carboxylic acids is 1. The molecule has 0 saturated heterocycles. The Kier molecular flexibility index (Phi) is 9.00. The Morgan fingerprint density at radius 3 is 2.27 bits per heavy atom. The van der Waals surface area contributed by atoms with Gasteiger partial charge in [-0.25, -0.2) is 18.2 Å². The molecule has 1 aliphatic carbocycles. The maximum absolute atomic E-state index is 13.6. The maximum Gasteiger partial charge on any atom is 1.00 e. The van der Waals surface area contributed by atoms with E-state index in [0.717, 1.165) is 18.2 Å².